The Morgan fingerprint density at radius 2 is 1.68 bits per heavy atom. The minimum atomic E-state index is -3.45. The van der Waals surface area contributed by atoms with Crippen LogP contribution in [-0.2, 0) is 10.0 Å². The molecule has 0 aromatic heterocycles. The van der Waals surface area contributed by atoms with E-state index in [4.69, 9.17) is 4.74 Å². The topological polar surface area (TPSA) is 75.7 Å². The fourth-order valence-corrected chi connectivity index (χ4v) is 4.51. The third kappa shape index (κ3) is 4.72. The Kier molecular flexibility index (Phi) is 6.36. The third-order valence-corrected chi connectivity index (χ3v) is 6.76. The van der Waals surface area contributed by atoms with Gasteiger partial charge in [-0.25, -0.2) is 8.42 Å². The van der Waals surface area contributed by atoms with E-state index >= 15 is 0 Å². The molecule has 0 bridgehead atoms. The van der Waals surface area contributed by atoms with Crippen LogP contribution >= 0.6 is 0 Å². The Hall–Kier alpha value is -2.38. The number of rotatable bonds is 7. The lowest BCUT2D eigenvalue weighted by Crippen LogP contribution is -2.27. The number of nitrogens with one attached hydrogen (secondary N) is 1. The second kappa shape index (κ2) is 8.75. The van der Waals surface area contributed by atoms with Crippen LogP contribution in [0.3, 0.4) is 0 Å². The molecule has 1 aliphatic rings. The van der Waals surface area contributed by atoms with Crippen molar-refractivity contribution in [2.45, 2.75) is 44.1 Å². The van der Waals surface area contributed by atoms with E-state index in [9.17, 15) is 13.2 Å². The molecule has 3 rings (SSSR count). The molecule has 6 nitrogen and oxygen atoms in total. The Balaban J connectivity index is 1.64. The van der Waals surface area contributed by atoms with Crippen molar-refractivity contribution in [2.24, 2.45) is 0 Å². The van der Waals surface area contributed by atoms with Crippen LogP contribution in [0.1, 0.15) is 43.5 Å². The van der Waals surface area contributed by atoms with Gasteiger partial charge in [-0.05, 0) is 74.7 Å². The van der Waals surface area contributed by atoms with Crippen LogP contribution in [0.4, 0.5) is 5.69 Å². The van der Waals surface area contributed by atoms with Gasteiger partial charge in [0.05, 0.1) is 11.0 Å². The van der Waals surface area contributed by atoms with Crippen LogP contribution in [0.25, 0.3) is 0 Å². The van der Waals surface area contributed by atoms with Crippen molar-refractivity contribution in [3.05, 3.63) is 54.1 Å². The van der Waals surface area contributed by atoms with Gasteiger partial charge in [0.2, 0.25) is 10.0 Å². The van der Waals surface area contributed by atoms with Crippen LogP contribution in [0.15, 0.2) is 53.4 Å². The maximum atomic E-state index is 12.5. The fourth-order valence-electron chi connectivity index (χ4n) is 2.99. The number of ether oxygens (including phenoxy) is 1. The minimum Gasteiger partial charge on any atom is -0.491 e. The lowest BCUT2D eigenvalue weighted by Gasteiger charge is -2.15. The van der Waals surface area contributed by atoms with Gasteiger partial charge >= 0.3 is 0 Å². The molecule has 0 aliphatic carbocycles. The quantitative estimate of drug-likeness (QED) is 0.762. The van der Waals surface area contributed by atoms with E-state index in [1.165, 1.54) is 16.4 Å². The summed E-state index contributed by atoms with van der Waals surface area (Å²) >= 11 is 0. The number of nitrogens with zero attached hydrogens (tertiary/aromatic N) is 1. The van der Waals surface area contributed by atoms with Gasteiger partial charge < -0.3 is 10.1 Å². The Labute approximate surface area is 166 Å². The first-order chi connectivity index (χ1) is 13.4. The highest BCUT2D eigenvalue weighted by Gasteiger charge is 2.26. The van der Waals surface area contributed by atoms with Crippen molar-refractivity contribution in [3.8, 4) is 5.75 Å². The van der Waals surface area contributed by atoms with Crippen LogP contribution in [-0.4, -0.2) is 37.8 Å². The van der Waals surface area contributed by atoms with E-state index in [2.05, 4.69) is 5.32 Å². The van der Waals surface area contributed by atoms with Crippen molar-refractivity contribution in [3.63, 3.8) is 0 Å². The zero-order valence-corrected chi connectivity index (χ0v) is 17.0. The second-order valence-electron chi connectivity index (χ2n) is 6.95. The monoisotopic (exact) mass is 402 g/mol. The van der Waals surface area contributed by atoms with Gasteiger partial charge in [-0.2, -0.15) is 4.31 Å². The summed E-state index contributed by atoms with van der Waals surface area (Å²) in [5, 5.41) is 2.79. The van der Waals surface area contributed by atoms with Crippen LogP contribution in [0, 0.1) is 0 Å². The van der Waals surface area contributed by atoms with Crippen molar-refractivity contribution in [1.29, 1.82) is 0 Å². The molecule has 0 spiro atoms. The molecule has 2 aromatic rings. The van der Waals surface area contributed by atoms with Gasteiger partial charge in [-0.15, -0.1) is 0 Å². The first kappa shape index (κ1) is 20.4. The van der Waals surface area contributed by atoms with E-state index < -0.39 is 10.0 Å². The van der Waals surface area contributed by atoms with Gasteiger partial charge in [0.25, 0.3) is 5.91 Å². The molecule has 150 valence electrons. The molecule has 1 atom stereocenters. The molecular weight excluding hydrogens is 376 g/mol. The summed E-state index contributed by atoms with van der Waals surface area (Å²) in [5.41, 5.74) is 1.05. The van der Waals surface area contributed by atoms with Crippen LogP contribution < -0.4 is 10.1 Å². The largest absolute Gasteiger partial charge is 0.491 e. The molecule has 1 fully saturated rings. The zero-order chi connectivity index (χ0) is 20.1. The molecule has 1 unspecified atom stereocenters. The Morgan fingerprint density at radius 1 is 1.07 bits per heavy atom. The van der Waals surface area contributed by atoms with Crippen molar-refractivity contribution in [2.75, 3.05) is 18.4 Å². The minimum absolute atomic E-state index is 0.120. The van der Waals surface area contributed by atoms with Crippen molar-refractivity contribution in [1.82, 2.24) is 4.31 Å². The molecule has 0 saturated carbocycles. The average Bonchev–Trinajstić information content (AvgIpc) is 3.24. The van der Waals surface area contributed by atoms with Gasteiger partial charge in [0, 0.05) is 24.3 Å². The number of hydrogen-bond donors (Lipinski definition) is 1. The van der Waals surface area contributed by atoms with E-state index in [-0.39, 0.29) is 16.9 Å². The molecule has 1 aliphatic heterocycles. The first-order valence-corrected chi connectivity index (χ1v) is 11.0. The second-order valence-corrected chi connectivity index (χ2v) is 8.89. The summed E-state index contributed by atoms with van der Waals surface area (Å²) in [5.74, 6) is 0.465. The lowest BCUT2D eigenvalue weighted by molar-refractivity contribution is 0.102. The highest BCUT2D eigenvalue weighted by molar-refractivity contribution is 7.89. The molecule has 1 amide bonds. The van der Waals surface area contributed by atoms with Crippen LogP contribution in [0.5, 0.6) is 5.75 Å². The molecule has 1 N–H and O–H groups in total. The standard InChI is InChI=1S/C21H26N2O4S/c1-3-16(2)27-19-10-6-17(7-11-19)21(24)22-18-8-12-20(13-9-18)28(25,26)23-14-4-5-15-23/h6-13,16H,3-5,14-15H2,1-2H3,(H,22,24). The smallest absolute Gasteiger partial charge is 0.255 e. The lowest BCUT2D eigenvalue weighted by atomic mass is 10.2. The van der Waals surface area contributed by atoms with E-state index in [0.717, 1.165) is 25.0 Å². The predicted molar refractivity (Wildman–Crippen MR) is 109 cm³/mol. The highest BCUT2D eigenvalue weighted by atomic mass is 32.2. The number of anilines is 1. The summed E-state index contributed by atoms with van der Waals surface area (Å²) in [6, 6.07) is 13.2. The van der Waals surface area contributed by atoms with E-state index in [0.29, 0.717) is 24.3 Å². The molecule has 1 heterocycles. The van der Waals surface area contributed by atoms with E-state index in [1.807, 2.05) is 13.8 Å². The summed E-state index contributed by atoms with van der Waals surface area (Å²) in [6.45, 7) is 5.18. The molecule has 7 heteroatoms. The SMILES string of the molecule is CCC(C)Oc1ccc(C(=O)Nc2ccc(S(=O)(=O)N3CCCC3)cc2)cc1. The number of amides is 1. The third-order valence-electron chi connectivity index (χ3n) is 4.84. The predicted octanol–water partition coefficient (Wildman–Crippen LogP) is 3.90. The molecule has 0 radical (unpaired) electrons. The highest BCUT2D eigenvalue weighted by Crippen LogP contribution is 2.22. The normalized spacial score (nSPS) is 15.9. The molecule has 1 saturated heterocycles. The number of carbonyl (C=O) groups is 1. The maximum absolute atomic E-state index is 12.5. The molecule has 2 aromatic carbocycles. The van der Waals surface area contributed by atoms with Gasteiger partial charge in [0.15, 0.2) is 0 Å². The summed E-state index contributed by atoms with van der Waals surface area (Å²) in [7, 11) is -3.45. The zero-order valence-electron chi connectivity index (χ0n) is 16.2. The van der Waals surface area contributed by atoms with Crippen LogP contribution in [0.2, 0.25) is 0 Å². The van der Waals surface area contributed by atoms with Crippen molar-refractivity contribution < 1.29 is 17.9 Å². The summed E-state index contributed by atoms with van der Waals surface area (Å²) < 4.78 is 32.3. The summed E-state index contributed by atoms with van der Waals surface area (Å²) in [6.07, 6.45) is 2.82. The Bertz CT molecular complexity index is 902. The molecule has 28 heavy (non-hydrogen) atoms. The fraction of sp³-hybridized carbons (Fsp3) is 0.381. The number of hydrogen-bond acceptors (Lipinski definition) is 4. The Morgan fingerprint density at radius 3 is 2.25 bits per heavy atom. The van der Waals surface area contributed by atoms with Gasteiger partial charge in [-0.3, -0.25) is 4.79 Å². The summed E-state index contributed by atoms with van der Waals surface area (Å²) in [4.78, 5) is 12.7. The molecular formula is C21H26N2O4S. The number of carbonyl (C=O) groups excluding carboxylic acids is 1. The number of benzene rings is 2. The van der Waals surface area contributed by atoms with Crippen molar-refractivity contribution >= 4 is 21.6 Å². The maximum Gasteiger partial charge on any atom is 0.255 e. The van der Waals surface area contributed by atoms with E-state index in [1.54, 1.807) is 36.4 Å². The number of sulfonamides is 1. The van der Waals surface area contributed by atoms with Gasteiger partial charge in [-0.1, -0.05) is 6.92 Å². The average molecular weight is 403 g/mol. The van der Waals surface area contributed by atoms with Gasteiger partial charge in [0.1, 0.15) is 5.75 Å². The first-order valence-electron chi connectivity index (χ1n) is 9.58.